The van der Waals surface area contributed by atoms with Crippen molar-refractivity contribution in [2.45, 2.75) is 18.8 Å². The molecule has 0 atom stereocenters. The number of benzene rings is 2. The van der Waals surface area contributed by atoms with Crippen LogP contribution >= 0.6 is 15.9 Å². The molecule has 0 saturated carbocycles. The average molecular weight is 534 g/mol. The molecule has 1 saturated heterocycles. The third-order valence-electron chi connectivity index (χ3n) is 6.32. The lowest BCUT2D eigenvalue weighted by atomic mass is 9.91. The quantitative estimate of drug-likeness (QED) is 0.344. The molecule has 3 N–H and O–H groups in total. The number of hydrogen-bond donors (Lipinski definition) is 2. The first-order valence-corrected chi connectivity index (χ1v) is 12.1. The Morgan fingerprint density at radius 2 is 1.71 bits per heavy atom. The molecule has 35 heavy (non-hydrogen) atoms. The molecule has 2 aromatic carbocycles. The summed E-state index contributed by atoms with van der Waals surface area (Å²) in [5.74, 6) is 0.995. The van der Waals surface area contributed by atoms with Gasteiger partial charge in [-0.2, -0.15) is 0 Å². The monoisotopic (exact) mass is 533 g/mol. The lowest BCUT2D eigenvalue weighted by Crippen LogP contribution is -2.36. The fourth-order valence-electron chi connectivity index (χ4n) is 4.53. The number of likely N-dealkylation sites (tertiary alicyclic amines) is 1. The van der Waals surface area contributed by atoms with Crippen molar-refractivity contribution in [3.63, 3.8) is 0 Å². The second kappa shape index (κ2) is 9.42. The number of hydrogen-bond acceptors (Lipinski definition) is 4. The molecule has 4 aromatic rings. The number of amides is 2. The van der Waals surface area contributed by atoms with Crippen molar-refractivity contribution < 1.29 is 14.3 Å². The van der Waals surface area contributed by atoms with Crippen molar-refractivity contribution in [3.8, 4) is 22.8 Å². The molecule has 3 heterocycles. The number of primary amides is 1. The Labute approximate surface area is 210 Å². The van der Waals surface area contributed by atoms with Gasteiger partial charge in [-0.15, -0.1) is 0 Å². The number of fused-ring (bicyclic) bond motifs is 1. The van der Waals surface area contributed by atoms with Crippen molar-refractivity contribution >= 4 is 33.4 Å². The highest BCUT2D eigenvalue weighted by Crippen LogP contribution is 2.34. The van der Waals surface area contributed by atoms with Gasteiger partial charge in [-0.05, 0) is 73.4 Å². The Balaban J connectivity index is 1.42. The Morgan fingerprint density at radius 3 is 2.31 bits per heavy atom. The van der Waals surface area contributed by atoms with E-state index in [1.165, 1.54) is 6.08 Å². The van der Waals surface area contributed by atoms with Gasteiger partial charge < -0.3 is 15.4 Å². The number of halogens is 1. The van der Waals surface area contributed by atoms with Gasteiger partial charge in [0, 0.05) is 34.9 Å². The number of ether oxygens (including phenoxy) is 1. The van der Waals surface area contributed by atoms with Gasteiger partial charge in [-0.3, -0.25) is 14.7 Å². The standard InChI is InChI=1S/C26H24BrN5O3/c1-2-22(33)31-13-11-16(12-14-31)21-15-29-32-24(25(28)34)23(30-26(21)32)17-3-7-19(8-4-17)35-20-9-5-18(27)6-10-20/h2-10,15-16,29H,1,11-14H2,(H2,28,34). The second-order valence-corrected chi connectivity index (χ2v) is 9.36. The largest absolute Gasteiger partial charge is 0.457 e. The first kappa shape index (κ1) is 22.9. The minimum atomic E-state index is -0.567. The van der Waals surface area contributed by atoms with Gasteiger partial charge in [0.25, 0.3) is 5.91 Å². The summed E-state index contributed by atoms with van der Waals surface area (Å²) in [5.41, 5.74) is 9.02. The normalized spacial score (nSPS) is 14.3. The zero-order valence-electron chi connectivity index (χ0n) is 18.9. The fraction of sp³-hybridized carbons (Fsp3) is 0.192. The van der Waals surface area contributed by atoms with Gasteiger partial charge in [-0.25, -0.2) is 9.50 Å². The van der Waals surface area contributed by atoms with Gasteiger partial charge in [0.1, 0.15) is 17.2 Å². The summed E-state index contributed by atoms with van der Waals surface area (Å²) in [7, 11) is 0. The molecule has 1 aliphatic rings. The molecule has 178 valence electrons. The van der Waals surface area contributed by atoms with Crippen molar-refractivity contribution in [3.05, 3.63) is 83.1 Å². The minimum Gasteiger partial charge on any atom is -0.457 e. The molecular formula is C26H24BrN5O3. The van der Waals surface area contributed by atoms with Gasteiger partial charge in [-0.1, -0.05) is 22.5 Å². The minimum absolute atomic E-state index is 0.0469. The van der Waals surface area contributed by atoms with Crippen molar-refractivity contribution in [2.75, 3.05) is 13.1 Å². The van der Waals surface area contributed by atoms with E-state index in [0.29, 0.717) is 35.9 Å². The number of nitrogens with two attached hydrogens (primary N) is 1. The fourth-order valence-corrected chi connectivity index (χ4v) is 4.79. The number of aromatic nitrogens is 3. The Morgan fingerprint density at radius 1 is 1.09 bits per heavy atom. The third kappa shape index (κ3) is 4.46. The Kier molecular flexibility index (Phi) is 6.17. The second-order valence-electron chi connectivity index (χ2n) is 8.45. The van der Waals surface area contributed by atoms with E-state index in [4.69, 9.17) is 15.5 Å². The number of carbonyl (C=O) groups excluding carboxylic acids is 2. The van der Waals surface area contributed by atoms with Crippen LogP contribution in [0.5, 0.6) is 11.5 Å². The van der Waals surface area contributed by atoms with Crippen LogP contribution in [-0.4, -0.2) is 44.4 Å². The van der Waals surface area contributed by atoms with Crippen molar-refractivity contribution in [1.29, 1.82) is 0 Å². The van der Waals surface area contributed by atoms with Crippen LogP contribution in [0.15, 0.2) is 71.9 Å². The predicted octanol–water partition coefficient (Wildman–Crippen LogP) is 4.88. The molecule has 9 heteroatoms. The SMILES string of the molecule is C=CC(=O)N1CCC(c2c[nH]n3c(C(N)=O)c(-c4ccc(Oc5ccc(Br)cc5)cc4)nc23)CC1. The lowest BCUT2D eigenvalue weighted by Gasteiger charge is -2.30. The van der Waals surface area contributed by atoms with Crippen LogP contribution in [0, 0.1) is 0 Å². The van der Waals surface area contributed by atoms with Crippen molar-refractivity contribution in [2.24, 2.45) is 5.73 Å². The highest BCUT2D eigenvalue weighted by Gasteiger charge is 2.28. The highest BCUT2D eigenvalue weighted by molar-refractivity contribution is 9.10. The van der Waals surface area contributed by atoms with E-state index in [1.807, 2.05) is 54.7 Å². The molecule has 0 bridgehead atoms. The first-order valence-electron chi connectivity index (χ1n) is 11.3. The predicted molar refractivity (Wildman–Crippen MR) is 136 cm³/mol. The van der Waals surface area contributed by atoms with Crippen molar-refractivity contribution in [1.82, 2.24) is 19.5 Å². The molecule has 2 aromatic heterocycles. The number of imidazole rings is 1. The molecular weight excluding hydrogens is 510 g/mol. The summed E-state index contributed by atoms with van der Waals surface area (Å²) < 4.78 is 8.53. The number of H-pyrrole nitrogens is 1. The van der Waals surface area contributed by atoms with E-state index in [9.17, 15) is 9.59 Å². The molecule has 2 amide bonds. The zero-order valence-corrected chi connectivity index (χ0v) is 20.5. The summed E-state index contributed by atoms with van der Waals surface area (Å²) in [6.45, 7) is 4.88. The summed E-state index contributed by atoms with van der Waals surface area (Å²) >= 11 is 3.41. The smallest absolute Gasteiger partial charge is 0.269 e. The molecule has 0 unspecified atom stereocenters. The van der Waals surface area contributed by atoms with Gasteiger partial charge in [0.15, 0.2) is 11.3 Å². The van der Waals surface area contributed by atoms with E-state index >= 15 is 0 Å². The van der Waals surface area contributed by atoms with E-state index in [1.54, 1.807) is 9.42 Å². The Hall–Kier alpha value is -3.85. The number of piperidine rings is 1. The van der Waals surface area contributed by atoms with Crippen LogP contribution in [0.1, 0.15) is 34.8 Å². The van der Waals surface area contributed by atoms with Gasteiger partial charge in [0.05, 0.1) is 0 Å². The summed E-state index contributed by atoms with van der Waals surface area (Å²) in [5, 5.41) is 3.15. The van der Waals surface area contributed by atoms with Gasteiger partial charge in [0.2, 0.25) is 5.91 Å². The van der Waals surface area contributed by atoms with E-state index in [-0.39, 0.29) is 11.8 Å². The van der Waals surface area contributed by atoms with E-state index < -0.39 is 5.91 Å². The summed E-state index contributed by atoms with van der Waals surface area (Å²) in [6.07, 6.45) is 4.85. The van der Waals surface area contributed by atoms with Crippen LogP contribution < -0.4 is 10.5 Å². The van der Waals surface area contributed by atoms with Gasteiger partial charge >= 0.3 is 0 Å². The maximum absolute atomic E-state index is 12.4. The zero-order chi connectivity index (χ0) is 24.5. The van der Waals surface area contributed by atoms with Crippen LogP contribution in [0.25, 0.3) is 16.9 Å². The first-order chi connectivity index (χ1) is 16.9. The number of nitrogens with one attached hydrogen (secondary N) is 1. The third-order valence-corrected chi connectivity index (χ3v) is 6.84. The number of nitrogens with zero attached hydrogens (tertiary/aromatic N) is 3. The molecule has 0 aliphatic carbocycles. The maximum Gasteiger partial charge on any atom is 0.269 e. The summed E-state index contributed by atoms with van der Waals surface area (Å²) in [4.78, 5) is 30.9. The maximum atomic E-state index is 12.4. The number of aromatic amines is 1. The van der Waals surface area contributed by atoms with Crippen LogP contribution in [0.3, 0.4) is 0 Å². The molecule has 8 nitrogen and oxygen atoms in total. The van der Waals surface area contributed by atoms with E-state index in [2.05, 4.69) is 27.6 Å². The molecule has 1 aliphatic heterocycles. The number of carbonyl (C=O) groups is 2. The lowest BCUT2D eigenvalue weighted by molar-refractivity contribution is -0.127. The van der Waals surface area contributed by atoms with E-state index in [0.717, 1.165) is 34.2 Å². The Bertz CT molecular complexity index is 1400. The topological polar surface area (TPSA) is 106 Å². The van der Waals surface area contributed by atoms with Crippen LogP contribution in [0.4, 0.5) is 0 Å². The molecule has 1 fully saturated rings. The highest BCUT2D eigenvalue weighted by atomic mass is 79.9. The molecule has 5 rings (SSSR count). The molecule has 0 radical (unpaired) electrons. The number of rotatable bonds is 6. The van der Waals surface area contributed by atoms with Crippen LogP contribution in [-0.2, 0) is 4.79 Å². The summed E-state index contributed by atoms with van der Waals surface area (Å²) in [6, 6.07) is 15.0. The van der Waals surface area contributed by atoms with Crippen LogP contribution in [0.2, 0.25) is 0 Å². The molecule has 0 spiro atoms. The average Bonchev–Trinajstić information content (AvgIpc) is 3.45.